The first kappa shape index (κ1) is 5.59. The molecule has 0 radical (unpaired) electrons. The van der Waals surface area contributed by atoms with Crippen LogP contribution in [-0.2, 0) is 0 Å². The lowest BCUT2D eigenvalue weighted by Crippen LogP contribution is -2.19. The van der Waals surface area contributed by atoms with Crippen LogP contribution in [-0.4, -0.2) is 7.33 Å². The van der Waals surface area contributed by atoms with Crippen LogP contribution in [0.5, 0.6) is 5.75 Å². The van der Waals surface area contributed by atoms with Crippen molar-refractivity contribution in [3.05, 3.63) is 24.3 Å². The molecule has 50 valence electrons. The molecular formula is C6H5BFNO. The van der Waals surface area contributed by atoms with Crippen molar-refractivity contribution in [1.82, 2.24) is 0 Å². The molecule has 0 unspecified atom stereocenters. The highest BCUT2D eigenvalue weighted by molar-refractivity contribution is 6.51. The molecule has 1 aliphatic rings. The summed E-state index contributed by atoms with van der Waals surface area (Å²) in [6.07, 6.45) is 0. The second-order valence-electron chi connectivity index (χ2n) is 2.07. The van der Waals surface area contributed by atoms with Crippen molar-refractivity contribution in [1.29, 1.82) is 0 Å². The largest absolute Gasteiger partial charge is 0.703 e. The van der Waals surface area contributed by atoms with E-state index in [-0.39, 0.29) is 0 Å². The summed E-state index contributed by atoms with van der Waals surface area (Å²) in [6.45, 7) is 0. The molecule has 0 saturated carbocycles. The highest BCUT2D eigenvalue weighted by Gasteiger charge is 2.28. The van der Waals surface area contributed by atoms with E-state index in [9.17, 15) is 4.32 Å². The van der Waals surface area contributed by atoms with E-state index in [0.29, 0.717) is 5.75 Å². The summed E-state index contributed by atoms with van der Waals surface area (Å²) in [6, 6.07) is 7.13. The summed E-state index contributed by atoms with van der Waals surface area (Å²) in [5.74, 6) is 0.579. The van der Waals surface area contributed by atoms with Crippen LogP contribution in [0.25, 0.3) is 0 Å². The number of halogens is 1. The van der Waals surface area contributed by atoms with E-state index in [0.717, 1.165) is 5.69 Å². The maximum Gasteiger partial charge on any atom is 0.703 e. The Labute approximate surface area is 58.2 Å². The maximum absolute atomic E-state index is 12.4. The number of anilines is 1. The molecule has 4 heteroatoms. The van der Waals surface area contributed by atoms with Crippen molar-refractivity contribution in [2.75, 3.05) is 5.23 Å². The minimum Gasteiger partial charge on any atom is -0.513 e. The third kappa shape index (κ3) is 0.726. The van der Waals surface area contributed by atoms with Crippen molar-refractivity contribution in [2.45, 2.75) is 0 Å². The molecule has 0 saturated heterocycles. The molecule has 0 atom stereocenters. The Morgan fingerprint density at radius 2 is 2.20 bits per heavy atom. The van der Waals surface area contributed by atoms with Gasteiger partial charge in [-0.2, -0.15) is 0 Å². The molecule has 0 bridgehead atoms. The zero-order chi connectivity index (χ0) is 6.97. The van der Waals surface area contributed by atoms with Gasteiger partial charge in [0.25, 0.3) is 0 Å². The van der Waals surface area contributed by atoms with Crippen molar-refractivity contribution < 1.29 is 8.97 Å². The van der Waals surface area contributed by atoms with Gasteiger partial charge in [-0.25, -0.2) is 0 Å². The van der Waals surface area contributed by atoms with Crippen molar-refractivity contribution in [2.24, 2.45) is 0 Å². The summed E-state index contributed by atoms with van der Waals surface area (Å²) in [5.41, 5.74) is 0.718. The lowest BCUT2D eigenvalue weighted by atomic mass is 10.2. The third-order valence-electron chi connectivity index (χ3n) is 1.39. The van der Waals surface area contributed by atoms with Crippen LogP contribution in [0.4, 0.5) is 10.0 Å². The molecule has 1 heterocycles. The molecule has 0 amide bonds. The van der Waals surface area contributed by atoms with Crippen LogP contribution >= 0.6 is 0 Å². The van der Waals surface area contributed by atoms with Crippen LogP contribution in [0.3, 0.4) is 0 Å². The van der Waals surface area contributed by atoms with Crippen LogP contribution in [0.2, 0.25) is 0 Å². The van der Waals surface area contributed by atoms with Gasteiger partial charge in [0.05, 0.1) is 5.69 Å². The lowest BCUT2D eigenvalue weighted by Gasteiger charge is -1.93. The Balaban J connectivity index is 2.42. The second kappa shape index (κ2) is 1.90. The summed E-state index contributed by atoms with van der Waals surface area (Å²) < 4.78 is 17.1. The minimum atomic E-state index is -1.38. The molecular weight excluding hydrogens is 132 g/mol. The predicted octanol–water partition coefficient (Wildman–Crippen LogP) is 1.45. The fourth-order valence-corrected chi connectivity index (χ4v) is 0.952. The van der Waals surface area contributed by atoms with Gasteiger partial charge >= 0.3 is 7.33 Å². The summed E-state index contributed by atoms with van der Waals surface area (Å²) >= 11 is 0. The first-order valence-electron chi connectivity index (χ1n) is 3.02. The fourth-order valence-electron chi connectivity index (χ4n) is 0.952. The van der Waals surface area contributed by atoms with Gasteiger partial charge in [0, 0.05) is 0 Å². The monoisotopic (exact) mass is 137 g/mol. The third-order valence-corrected chi connectivity index (χ3v) is 1.39. The van der Waals surface area contributed by atoms with E-state index >= 15 is 0 Å². The summed E-state index contributed by atoms with van der Waals surface area (Å²) in [5, 5.41) is 2.51. The van der Waals surface area contributed by atoms with Gasteiger partial charge in [-0.15, -0.1) is 0 Å². The number of fused-ring (bicyclic) bond motifs is 1. The molecule has 2 rings (SSSR count). The molecule has 1 aliphatic heterocycles. The standard InChI is InChI=1S/C6H5BFNO/c8-7-9-5-3-1-2-4-6(5)10-7/h1-4,9H. The Morgan fingerprint density at radius 1 is 1.40 bits per heavy atom. The van der Waals surface area contributed by atoms with E-state index in [2.05, 4.69) is 5.23 Å². The summed E-state index contributed by atoms with van der Waals surface area (Å²) in [4.78, 5) is 0. The second-order valence-corrected chi connectivity index (χ2v) is 2.07. The Morgan fingerprint density at radius 3 is 3.00 bits per heavy atom. The molecule has 1 aromatic carbocycles. The number of hydrogen-bond donors (Lipinski definition) is 1. The maximum atomic E-state index is 12.4. The highest BCUT2D eigenvalue weighted by Crippen LogP contribution is 2.29. The molecule has 1 N–H and O–H groups in total. The zero-order valence-electron chi connectivity index (χ0n) is 5.17. The van der Waals surface area contributed by atoms with Gasteiger partial charge in [0.15, 0.2) is 0 Å². The van der Waals surface area contributed by atoms with Crippen LogP contribution in [0.1, 0.15) is 0 Å². The number of rotatable bonds is 0. The van der Waals surface area contributed by atoms with E-state index in [1.165, 1.54) is 0 Å². The molecule has 2 nitrogen and oxygen atoms in total. The zero-order valence-corrected chi connectivity index (χ0v) is 5.17. The highest BCUT2D eigenvalue weighted by atomic mass is 19.1. The average molecular weight is 137 g/mol. The predicted molar refractivity (Wildman–Crippen MR) is 37.6 cm³/mol. The van der Waals surface area contributed by atoms with Crippen molar-refractivity contribution >= 4 is 13.0 Å². The summed E-state index contributed by atoms with van der Waals surface area (Å²) in [7, 11) is -1.38. The average Bonchev–Trinajstić information content (AvgIpc) is 2.27. The number of benzene rings is 1. The quantitative estimate of drug-likeness (QED) is 0.546. The van der Waals surface area contributed by atoms with Crippen molar-refractivity contribution in [3.8, 4) is 5.75 Å². The first-order chi connectivity index (χ1) is 4.86. The molecule has 0 spiro atoms. The number of para-hydroxylation sites is 2. The Hall–Kier alpha value is -1.19. The Kier molecular flexibility index (Phi) is 1.06. The van der Waals surface area contributed by atoms with Crippen LogP contribution < -0.4 is 9.88 Å². The molecule has 10 heavy (non-hydrogen) atoms. The van der Waals surface area contributed by atoms with Gasteiger partial charge in [0.2, 0.25) is 0 Å². The Bertz CT molecular complexity index is 230. The van der Waals surface area contributed by atoms with Gasteiger partial charge in [0.1, 0.15) is 5.75 Å². The number of nitrogens with one attached hydrogen (secondary N) is 1. The van der Waals surface area contributed by atoms with E-state index in [1.54, 1.807) is 18.2 Å². The van der Waals surface area contributed by atoms with Gasteiger partial charge in [-0.1, -0.05) is 12.1 Å². The lowest BCUT2D eigenvalue weighted by molar-refractivity contribution is 0.527. The topological polar surface area (TPSA) is 21.3 Å². The van der Waals surface area contributed by atoms with Crippen LogP contribution in [0, 0.1) is 0 Å². The first-order valence-corrected chi connectivity index (χ1v) is 3.02. The molecule has 0 aliphatic carbocycles. The van der Waals surface area contributed by atoms with Gasteiger partial charge in [-0.05, 0) is 12.1 Å². The smallest absolute Gasteiger partial charge is 0.513 e. The van der Waals surface area contributed by atoms with E-state index in [4.69, 9.17) is 4.65 Å². The number of hydrogen-bond acceptors (Lipinski definition) is 2. The molecule has 0 aromatic heterocycles. The molecule has 0 fully saturated rings. The fraction of sp³-hybridized carbons (Fsp3) is 0. The van der Waals surface area contributed by atoms with Gasteiger partial charge in [-0.3, -0.25) is 4.32 Å². The van der Waals surface area contributed by atoms with Crippen LogP contribution in [0.15, 0.2) is 24.3 Å². The SMILES string of the molecule is FB1Nc2ccccc2O1. The normalized spacial score (nSPS) is 13.9. The van der Waals surface area contributed by atoms with Gasteiger partial charge < -0.3 is 9.88 Å². The van der Waals surface area contributed by atoms with E-state index in [1.807, 2.05) is 6.07 Å². The van der Waals surface area contributed by atoms with Crippen molar-refractivity contribution in [3.63, 3.8) is 0 Å². The van der Waals surface area contributed by atoms with E-state index < -0.39 is 7.33 Å². The minimum absolute atomic E-state index is 0.579. The molecule has 1 aromatic rings.